The van der Waals surface area contributed by atoms with Crippen molar-refractivity contribution in [2.45, 2.75) is 19.5 Å². The van der Waals surface area contributed by atoms with Crippen molar-refractivity contribution in [3.05, 3.63) is 71.0 Å². The highest BCUT2D eigenvalue weighted by Crippen LogP contribution is 2.23. The lowest BCUT2D eigenvalue weighted by Gasteiger charge is -2.28. The van der Waals surface area contributed by atoms with Gasteiger partial charge in [0.1, 0.15) is 5.82 Å². The maximum Gasteiger partial charge on any atom is 0.123 e. The smallest absolute Gasteiger partial charge is 0.123 e. The topological polar surface area (TPSA) is 29.3 Å². The summed E-state index contributed by atoms with van der Waals surface area (Å²) in [5, 5.41) is 0. The van der Waals surface area contributed by atoms with Gasteiger partial charge in [-0.3, -0.25) is 4.90 Å². The Kier molecular flexibility index (Phi) is 4.88. The summed E-state index contributed by atoms with van der Waals surface area (Å²) in [7, 11) is 2.02. The van der Waals surface area contributed by atoms with E-state index in [9.17, 15) is 4.39 Å². The molecule has 20 heavy (non-hydrogen) atoms. The number of halogens is 1. The summed E-state index contributed by atoms with van der Waals surface area (Å²) in [6.07, 6.45) is 0. The first-order chi connectivity index (χ1) is 9.61. The molecule has 2 N–H and O–H groups in total. The summed E-state index contributed by atoms with van der Waals surface area (Å²) in [6, 6.07) is 15.1. The maximum atomic E-state index is 13.2. The summed E-state index contributed by atoms with van der Waals surface area (Å²) in [5.41, 5.74) is 9.36. The predicted octanol–water partition coefficient (Wildman–Crippen LogP) is 3.27. The molecule has 1 atom stereocenters. The second kappa shape index (κ2) is 6.64. The third-order valence-corrected chi connectivity index (χ3v) is 3.62. The van der Waals surface area contributed by atoms with Gasteiger partial charge in [-0.15, -0.1) is 0 Å². The van der Waals surface area contributed by atoms with Crippen LogP contribution < -0.4 is 5.73 Å². The Morgan fingerprint density at radius 2 is 1.90 bits per heavy atom. The van der Waals surface area contributed by atoms with Crippen molar-refractivity contribution in [2.24, 2.45) is 5.73 Å². The fraction of sp³-hybridized carbons (Fsp3) is 0.294. The van der Waals surface area contributed by atoms with Crippen LogP contribution in [0.15, 0.2) is 48.5 Å². The lowest BCUT2D eigenvalue weighted by molar-refractivity contribution is 0.241. The molecule has 0 bridgehead atoms. The summed E-state index contributed by atoms with van der Waals surface area (Å²) >= 11 is 0. The highest BCUT2D eigenvalue weighted by molar-refractivity contribution is 5.29. The van der Waals surface area contributed by atoms with Crippen LogP contribution in [-0.2, 0) is 6.54 Å². The summed E-state index contributed by atoms with van der Waals surface area (Å²) < 4.78 is 13.2. The van der Waals surface area contributed by atoms with Gasteiger partial charge in [0.2, 0.25) is 0 Å². The van der Waals surface area contributed by atoms with Crippen molar-refractivity contribution in [1.82, 2.24) is 4.90 Å². The molecule has 2 aromatic rings. The van der Waals surface area contributed by atoms with E-state index in [4.69, 9.17) is 5.73 Å². The average molecular weight is 272 g/mol. The molecule has 3 heteroatoms. The normalized spacial score (nSPS) is 12.7. The van der Waals surface area contributed by atoms with Gasteiger partial charge in [0.05, 0.1) is 0 Å². The third-order valence-electron chi connectivity index (χ3n) is 3.62. The van der Waals surface area contributed by atoms with Crippen molar-refractivity contribution in [3.8, 4) is 0 Å². The SMILES string of the molecule is Cc1ccccc1C(CN)N(C)Cc1cccc(F)c1. The fourth-order valence-electron chi connectivity index (χ4n) is 2.54. The number of nitrogens with two attached hydrogens (primary N) is 1. The molecule has 106 valence electrons. The van der Waals surface area contributed by atoms with Crippen LogP contribution in [0.3, 0.4) is 0 Å². The largest absolute Gasteiger partial charge is 0.329 e. The molecule has 0 aliphatic heterocycles. The lowest BCUT2D eigenvalue weighted by atomic mass is 10.00. The summed E-state index contributed by atoms with van der Waals surface area (Å²) in [4.78, 5) is 2.16. The van der Waals surface area contributed by atoms with Gasteiger partial charge in [-0.1, -0.05) is 36.4 Å². The molecule has 0 aliphatic rings. The Hall–Kier alpha value is -1.71. The first kappa shape index (κ1) is 14.7. The highest BCUT2D eigenvalue weighted by Gasteiger charge is 2.17. The minimum absolute atomic E-state index is 0.138. The van der Waals surface area contributed by atoms with Gasteiger partial charge in [0.25, 0.3) is 0 Å². The quantitative estimate of drug-likeness (QED) is 0.905. The zero-order valence-electron chi connectivity index (χ0n) is 12.0. The van der Waals surface area contributed by atoms with Crippen LogP contribution in [0.1, 0.15) is 22.7 Å². The van der Waals surface area contributed by atoms with E-state index in [1.807, 2.05) is 25.2 Å². The number of benzene rings is 2. The molecule has 0 saturated carbocycles. The molecular formula is C17H21FN2. The molecule has 0 amide bonds. The van der Waals surface area contributed by atoms with Crippen molar-refractivity contribution >= 4 is 0 Å². The van der Waals surface area contributed by atoms with Gasteiger partial charge in [-0.05, 0) is 42.8 Å². The van der Waals surface area contributed by atoms with Crippen molar-refractivity contribution in [3.63, 3.8) is 0 Å². The van der Waals surface area contributed by atoms with E-state index in [2.05, 4.69) is 24.0 Å². The van der Waals surface area contributed by atoms with Gasteiger partial charge in [0.15, 0.2) is 0 Å². The number of hydrogen-bond donors (Lipinski definition) is 1. The van der Waals surface area contributed by atoms with Gasteiger partial charge in [-0.25, -0.2) is 4.39 Å². The minimum Gasteiger partial charge on any atom is -0.329 e. The molecule has 0 spiro atoms. The Bertz CT molecular complexity index is 568. The highest BCUT2D eigenvalue weighted by atomic mass is 19.1. The number of hydrogen-bond acceptors (Lipinski definition) is 2. The van der Waals surface area contributed by atoms with E-state index in [1.165, 1.54) is 17.2 Å². The van der Waals surface area contributed by atoms with Crippen LogP contribution in [-0.4, -0.2) is 18.5 Å². The van der Waals surface area contributed by atoms with Gasteiger partial charge in [0, 0.05) is 19.1 Å². The van der Waals surface area contributed by atoms with Crippen LogP contribution in [0.25, 0.3) is 0 Å². The maximum absolute atomic E-state index is 13.2. The molecule has 0 heterocycles. The number of likely N-dealkylation sites (N-methyl/N-ethyl adjacent to an activating group) is 1. The zero-order chi connectivity index (χ0) is 14.5. The first-order valence-electron chi connectivity index (χ1n) is 6.82. The molecular weight excluding hydrogens is 251 g/mol. The molecule has 0 fully saturated rings. The Balaban J connectivity index is 2.18. The third kappa shape index (κ3) is 3.44. The van der Waals surface area contributed by atoms with Crippen molar-refractivity contribution < 1.29 is 4.39 Å². The average Bonchev–Trinajstić information content (AvgIpc) is 2.41. The summed E-state index contributed by atoms with van der Waals surface area (Å²) in [6.45, 7) is 3.30. The van der Waals surface area contributed by atoms with Crippen LogP contribution in [0.2, 0.25) is 0 Å². The van der Waals surface area contributed by atoms with Crippen LogP contribution in [0.5, 0.6) is 0 Å². The summed E-state index contributed by atoms with van der Waals surface area (Å²) in [5.74, 6) is -0.198. The molecule has 0 aromatic heterocycles. The first-order valence-corrected chi connectivity index (χ1v) is 6.82. The second-order valence-corrected chi connectivity index (χ2v) is 5.15. The van der Waals surface area contributed by atoms with Gasteiger partial charge in [-0.2, -0.15) is 0 Å². The molecule has 2 rings (SSSR count). The molecule has 0 aliphatic carbocycles. The molecule has 1 unspecified atom stereocenters. The van der Waals surface area contributed by atoms with Crippen LogP contribution in [0, 0.1) is 12.7 Å². The molecule has 0 saturated heterocycles. The molecule has 2 aromatic carbocycles. The van der Waals surface area contributed by atoms with Crippen molar-refractivity contribution in [1.29, 1.82) is 0 Å². The van der Waals surface area contributed by atoms with E-state index in [1.54, 1.807) is 12.1 Å². The number of nitrogens with zero attached hydrogens (tertiary/aromatic N) is 1. The molecule has 0 radical (unpaired) electrons. The van der Waals surface area contributed by atoms with Gasteiger partial charge < -0.3 is 5.73 Å². The number of aryl methyl sites for hydroxylation is 1. The monoisotopic (exact) mass is 272 g/mol. The van der Waals surface area contributed by atoms with E-state index in [-0.39, 0.29) is 11.9 Å². The van der Waals surface area contributed by atoms with Crippen LogP contribution in [0.4, 0.5) is 4.39 Å². The van der Waals surface area contributed by atoms with Crippen LogP contribution >= 0.6 is 0 Å². The molecule has 2 nitrogen and oxygen atoms in total. The standard InChI is InChI=1S/C17H21FN2/c1-13-6-3-4-9-16(13)17(11-19)20(2)12-14-7-5-8-15(18)10-14/h3-10,17H,11-12,19H2,1-2H3. The second-order valence-electron chi connectivity index (χ2n) is 5.15. The van der Waals surface area contributed by atoms with E-state index >= 15 is 0 Å². The Morgan fingerprint density at radius 1 is 1.15 bits per heavy atom. The Labute approximate surface area is 120 Å². The zero-order valence-corrected chi connectivity index (χ0v) is 12.0. The minimum atomic E-state index is -0.198. The van der Waals surface area contributed by atoms with E-state index in [0.717, 1.165) is 5.56 Å². The fourth-order valence-corrected chi connectivity index (χ4v) is 2.54. The van der Waals surface area contributed by atoms with Crippen molar-refractivity contribution in [2.75, 3.05) is 13.6 Å². The Morgan fingerprint density at radius 3 is 2.55 bits per heavy atom. The predicted molar refractivity (Wildman–Crippen MR) is 80.8 cm³/mol. The van der Waals surface area contributed by atoms with Gasteiger partial charge >= 0.3 is 0 Å². The van der Waals surface area contributed by atoms with E-state index in [0.29, 0.717) is 13.1 Å². The van der Waals surface area contributed by atoms with E-state index < -0.39 is 0 Å². The number of rotatable bonds is 5. The lowest BCUT2D eigenvalue weighted by Crippen LogP contribution is -2.30.